The number of carbonyl (C=O) groups is 2. The van der Waals surface area contributed by atoms with Crippen LogP contribution in [0.25, 0.3) is 11.3 Å². The summed E-state index contributed by atoms with van der Waals surface area (Å²) in [4.78, 5) is 24.1. The van der Waals surface area contributed by atoms with Gasteiger partial charge in [-0.3, -0.25) is 4.79 Å². The van der Waals surface area contributed by atoms with E-state index in [1.54, 1.807) is 49.6 Å². The molecule has 0 aliphatic carbocycles. The maximum Gasteiger partial charge on any atom is 1.00 e. The topological polar surface area (TPSA) is 123 Å². The molecule has 0 saturated heterocycles. The largest absolute Gasteiger partial charge is 1.00 e. The molecule has 1 unspecified atom stereocenters. The number of ether oxygens (including phenoxy) is 3. The molecule has 5 rings (SSSR count). The van der Waals surface area contributed by atoms with Crippen molar-refractivity contribution in [3.63, 3.8) is 0 Å². The summed E-state index contributed by atoms with van der Waals surface area (Å²) in [6, 6.07) is 20.4. The fourth-order valence-corrected chi connectivity index (χ4v) is 4.23. The van der Waals surface area contributed by atoms with Gasteiger partial charge in [0.15, 0.2) is 5.82 Å². The molecular formula is C28H21ClN3NaO6. The molecule has 1 aromatic heterocycles. The van der Waals surface area contributed by atoms with E-state index >= 15 is 0 Å². The van der Waals surface area contributed by atoms with Gasteiger partial charge in [-0.1, -0.05) is 11.6 Å². The van der Waals surface area contributed by atoms with Gasteiger partial charge in [-0.15, -0.1) is 10.2 Å². The van der Waals surface area contributed by atoms with Crippen molar-refractivity contribution in [2.75, 3.05) is 19.0 Å². The Hall–Kier alpha value is -3.63. The number of carboxylic acids is 1. The van der Waals surface area contributed by atoms with Crippen LogP contribution in [0.3, 0.4) is 0 Å². The number of nitrogens with one attached hydrogen (secondary N) is 1. The van der Waals surface area contributed by atoms with Crippen LogP contribution in [0.1, 0.15) is 28.3 Å². The molecule has 4 aromatic rings. The van der Waals surface area contributed by atoms with Gasteiger partial charge < -0.3 is 29.4 Å². The summed E-state index contributed by atoms with van der Waals surface area (Å²) in [5, 5.41) is 22.6. The second kappa shape index (κ2) is 12.5. The van der Waals surface area contributed by atoms with E-state index in [9.17, 15) is 14.7 Å². The summed E-state index contributed by atoms with van der Waals surface area (Å²) in [6.45, 7) is 0.255. The van der Waals surface area contributed by atoms with Crippen LogP contribution in [-0.2, 0) is 4.79 Å². The molecule has 192 valence electrons. The molecule has 0 fully saturated rings. The Kier molecular flexibility index (Phi) is 9.08. The predicted octanol–water partition coefficient (Wildman–Crippen LogP) is 1.47. The van der Waals surface area contributed by atoms with E-state index in [0.29, 0.717) is 46.3 Å². The zero-order chi connectivity index (χ0) is 26.6. The van der Waals surface area contributed by atoms with Crippen LogP contribution in [0.5, 0.6) is 23.0 Å². The predicted molar refractivity (Wildman–Crippen MR) is 138 cm³/mol. The Morgan fingerprint density at radius 1 is 1.00 bits per heavy atom. The number of nitrogens with zero attached hydrogens (tertiary/aromatic N) is 2. The van der Waals surface area contributed by atoms with Gasteiger partial charge in [-0.25, -0.2) is 0 Å². The summed E-state index contributed by atoms with van der Waals surface area (Å²) in [7, 11) is 1.60. The number of carbonyl (C=O) groups excluding carboxylic acids is 2. The number of anilines is 1. The number of fused-ring (bicyclic) bond motifs is 1. The molecule has 11 heteroatoms. The van der Waals surface area contributed by atoms with Gasteiger partial charge >= 0.3 is 29.6 Å². The third kappa shape index (κ3) is 6.51. The van der Waals surface area contributed by atoms with E-state index in [-0.39, 0.29) is 47.1 Å². The van der Waals surface area contributed by atoms with Crippen LogP contribution in [-0.4, -0.2) is 35.8 Å². The quantitative estimate of drug-likeness (QED) is 0.341. The number of hydrogen-bond donors (Lipinski definition) is 1. The number of benzene rings is 3. The maximum absolute atomic E-state index is 12.7. The zero-order valence-electron chi connectivity index (χ0n) is 21.1. The minimum atomic E-state index is -1.17. The van der Waals surface area contributed by atoms with Crippen molar-refractivity contribution in [1.29, 1.82) is 0 Å². The third-order valence-electron chi connectivity index (χ3n) is 6.02. The number of rotatable bonds is 7. The molecule has 1 atom stereocenters. The SMILES string of the molecule is COc1ccc(-c2ccc(NC(=O)c3ccc(Oc4cc5c(cc4Cl)C(C(=O)[O-])CCO5)cc3)nn2)cc1.[Na+]. The number of halogens is 1. The van der Waals surface area contributed by atoms with Gasteiger partial charge in [0, 0.05) is 34.6 Å². The standard InChI is InChI=1S/C28H22ClN3O6.Na/c1-36-18-6-2-16(3-7-18)23-10-11-26(32-31-23)30-27(33)17-4-8-19(9-5-17)38-25-15-24-21(14-22(25)29)20(28(34)35)12-13-37-24;/h2-11,14-15,20H,12-13H2,1H3,(H,34,35)(H,30,32,33);/q;+1/p-1. The van der Waals surface area contributed by atoms with E-state index in [1.165, 1.54) is 6.07 Å². The second-order valence-corrected chi connectivity index (χ2v) is 8.85. The average Bonchev–Trinajstić information content (AvgIpc) is 2.94. The molecule has 0 radical (unpaired) electrons. The second-order valence-electron chi connectivity index (χ2n) is 8.44. The smallest absolute Gasteiger partial charge is 0.549 e. The van der Waals surface area contributed by atoms with Crippen molar-refractivity contribution in [2.45, 2.75) is 12.3 Å². The van der Waals surface area contributed by atoms with Crippen LogP contribution in [0, 0.1) is 0 Å². The molecule has 1 amide bonds. The Morgan fingerprint density at radius 2 is 1.72 bits per heavy atom. The first-order valence-corrected chi connectivity index (χ1v) is 12.0. The molecule has 1 aliphatic heterocycles. The van der Waals surface area contributed by atoms with Gasteiger partial charge in [-0.05, 0) is 73.2 Å². The Labute approximate surface area is 251 Å². The van der Waals surface area contributed by atoms with Gasteiger partial charge in [0.2, 0.25) is 0 Å². The number of carboxylic acid groups (broad SMARTS) is 1. The molecule has 1 N–H and O–H groups in total. The number of methoxy groups -OCH3 is 1. The molecular weight excluding hydrogens is 533 g/mol. The van der Waals surface area contributed by atoms with Gasteiger partial charge in [0.25, 0.3) is 5.91 Å². The van der Waals surface area contributed by atoms with E-state index in [2.05, 4.69) is 15.5 Å². The number of aliphatic carboxylic acids is 1. The number of hydrogen-bond acceptors (Lipinski definition) is 8. The molecule has 0 spiro atoms. The van der Waals surface area contributed by atoms with Crippen molar-refractivity contribution < 1.29 is 58.5 Å². The Bertz CT molecular complexity index is 1480. The first-order valence-electron chi connectivity index (χ1n) is 11.7. The fraction of sp³-hybridized carbons (Fsp3) is 0.143. The van der Waals surface area contributed by atoms with Crippen molar-refractivity contribution in [1.82, 2.24) is 10.2 Å². The minimum Gasteiger partial charge on any atom is -0.549 e. The van der Waals surface area contributed by atoms with Gasteiger partial charge in [0.1, 0.15) is 23.0 Å². The summed E-state index contributed by atoms with van der Waals surface area (Å²) < 4.78 is 16.6. The first-order chi connectivity index (χ1) is 18.4. The Balaban J connectivity index is 0.00000353. The molecule has 0 saturated carbocycles. The van der Waals surface area contributed by atoms with E-state index in [4.69, 9.17) is 25.8 Å². The molecule has 39 heavy (non-hydrogen) atoms. The third-order valence-corrected chi connectivity index (χ3v) is 6.32. The summed E-state index contributed by atoms with van der Waals surface area (Å²) in [6.07, 6.45) is 0.313. The monoisotopic (exact) mass is 553 g/mol. The van der Waals surface area contributed by atoms with Gasteiger partial charge in [0.05, 0.1) is 24.4 Å². The van der Waals surface area contributed by atoms with Crippen LogP contribution >= 0.6 is 11.6 Å². The minimum absolute atomic E-state index is 0. The summed E-state index contributed by atoms with van der Waals surface area (Å²) >= 11 is 6.34. The Morgan fingerprint density at radius 3 is 2.36 bits per heavy atom. The van der Waals surface area contributed by atoms with Crippen molar-refractivity contribution in [3.8, 4) is 34.3 Å². The molecule has 0 bridgehead atoms. The normalized spacial score (nSPS) is 13.7. The van der Waals surface area contributed by atoms with Crippen LogP contribution in [0.2, 0.25) is 5.02 Å². The fourth-order valence-electron chi connectivity index (χ4n) is 4.02. The van der Waals surface area contributed by atoms with Crippen LogP contribution in [0.4, 0.5) is 5.82 Å². The van der Waals surface area contributed by atoms with Crippen LogP contribution < -0.4 is 54.2 Å². The van der Waals surface area contributed by atoms with E-state index < -0.39 is 11.9 Å². The van der Waals surface area contributed by atoms with E-state index in [1.807, 2.05) is 24.3 Å². The zero-order valence-corrected chi connectivity index (χ0v) is 23.9. The number of aromatic nitrogens is 2. The van der Waals surface area contributed by atoms with Crippen LogP contribution in [0.15, 0.2) is 72.8 Å². The number of amides is 1. The first kappa shape index (κ1) is 28.4. The van der Waals surface area contributed by atoms with Crippen molar-refractivity contribution in [3.05, 3.63) is 88.9 Å². The average molecular weight is 554 g/mol. The summed E-state index contributed by atoms with van der Waals surface area (Å²) in [5.41, 5.74) is 2.38. The van der Waals surface area contributed by atoms with Gasteiger partial charge in [-0.2, -0.15) is 0 Å². The maximum atomic E-state index is 12.7. The van der Waals surface area contributed by atoms with Crippen molar-refractivity contribution >= 4 is 29.3 Å². The van der Waals surface area contributed by atoms with E-state index in [0.717, 1.165) is 11.3 Å². The van der Waals surface area contributed by atoms with Crippen molar-refractivity contribution in [2.24, 2.45) is 0 Å². The summed E-state index contributed by atoms with van der Waals surface area (Å²) in [5.74, 6) is -0.153. The molecule has 2 heterocycles. The molecule has 1 aliphatic rings. The molecule has 3 aromatic carbocycles. The molecule has 9 nitrogen and oxygen atoms in total.